The van der Waals surface area contributed by atoms with Gasteiger partial charge < -0.3 is 20.4 Å². The largest absolute Gasteiger partial charge is 0.480 e. The molecule has 6 nitrogen and oxygen atoms in total. The first-order chi connectivity index (χ1) is 7.70. The highest BCUT2D eigenvalue weighted by atomic mass is 16.4. The fourth-order valence-corrected chi connectivity index (χ4v) is 1.77. The number of hydrogen-bond acceptors (Lipinski definition) is 4. The smallest absolute Gasteiger partial charge is 0.326 e. The molecule has 1 aliphatic rings. The quantitative estimate of drug-likeness (QED) is 0.618. The van der Waals surface area contributed by atoms with Gasteiger partial charge in [-0.15, -0.1) is 0 Å². The third-order valence-corrected chi connectivity index (χ3v) is 2.65. The molecule has 1 saturated heterocycles. The van der Waals surface area contributed by atoms with Crippen molar-refractivity contribution in [2.24, 2.45) is 0 Å². The van der Waals surface area contributed by atoms with Crippen LogP contribution < -0.4 is 5.32 Å². The Kier molecular flexibility index (Phi) is 4.11. The monoisotopic (exact) mass is 244 g/mol. The summed E-state index contributed by atoms with van der Waals surface area (Å²) in [4.78, 5) is 24.0. The lowest BCUT2D eigenvalue weighted by molar-refractivity contribution is -0.147. The lowest BCUT2D eigenvalue weighted by Gasteiger charge is -2.25. The molecular formula is C11H20N2O4. The molecule has 0 bridgehead atoms. The lowest BCUT2D eigenvalue weighted by atomic mass is 10.1. The van der Waals surface area contributed by atoms with Crippen molar-refractivity contribution < 1.29 is 19.8 Å². The van der Waals surface area contributed by atoms with E-state index < -0.39 is 18.1 Å². The minimum atomic E-state index is -1.06. The van der Waals surface area contributed by atoms with Crippen molar-refractivity contribution in [1.82, 2.24) is 10.2 Å². The summed E-state index contributed by atoms with van der Waals surface area (Å²) in [5.74, 6) is -1.35. The fraction of sp³-hybridized carbons (Fsp3) is 0.818. The van der Waals surface area contributed by atoms with Crippen LogP contribution in [0.3, 0.4) is 0 Å². The minimum absolute atomic E-state index is 0.0833. The average molecular weight is 244 g/mol. The molecule has 1 rings (SSSR count). The maximum Gasteiger partial charge on any atom is 0.326 e. The summed E-state index contributed by atoms with van der Waals surface area (Å²) >= 11 is 0. The number of carbonyl (C=O) groups is 2. The highest BCUT2D eigenvalue weighted by Crippen LogP contribution is 2.18. The van der Waals surface area contributed by atoms with Gasteiger partial charge >= 0.3 is 5.97 Å². The zero-order chi connectivity index (χ0) is 13.2. The molecule has 0 aliphatic carbocycles. The van der Waals surface area contributed by atoms with Crippen LogP contribution in [0.2, 0.25) is 0 Å². The summed E-state index contributed by atoms with van der Waals surface area (Å²) in [6.45, 7) is 5.96. The third kappa shape index (κ3) is 3.98. The van der Waals surface area contributed by atoms with Gasteiger partial charge in [0.2, 0.25) is 5.91 Å². The number of carbonyl (C=O) groups excluding carboxylic acids is 1. The number of nitrogens with one attached hydrogen (secondary N) is 1. The fourth-order valence-electron chi connectivity index (χ4n) is 1.77. The first kappa shape index (κ1) is 13.9. The molecule has 1 fully saturated rings. The second-order valence-electron chi connectivity index (χ2n) is 5.39. The summed E-state index contributed by atoms with van der Waals surface area (Å²) in [5, 5.41) is 21.4. The van der Waals surface area contributed by atoms with E-state index in [1.54, 1.807) is 0 Å². The molecule has 1 aliphatic heterocycles. The molecule has 1 heterocycles. The van der Waals surface area contributed by atoms with Crippen molar-refractivity contribution in [1.29, 1.82) is 0 Å². The highest BCUT2D eigenvalue weighted by molar-refractivity contribution is 5.85. The highest BCUT2D eigenvalue weighted by Gasteiger charge is 2.38. The number of nitrogens with zero attached hydrogens (tertiary/aromatic N) is 1. The Bertz CT molecular complexity index is 311. The molecule has 3 N–H and O–H groups in total. The number of aliphatic carboxylic acids is 1. The Morgan fingerprint density at radius 1 is 1.41 bits per heavy atom. The van der Waals surface area contributed by atoms with E-state index in [4.69, 9.17) is 5.11 Å². The van der Waals surface area contributed by atoms with Crippen molar-refractivity contribution in [3.8, 4) is 0 Å². The summed E-state index contributed by atoms with van der Waals surface area (Å²) in [5.41, 5.74) is -0.202. The normalized spacial score (nSPS) is 25.1. The molecule has 0 aromatic heterocycles. The SMILES string of the molecule is CC(C)(C)NCC(=O)N1C[C@H](O)C[C@H]1C(=O)O. The maximum atomic E-state index is 11.8. The van der Waals surface area contributed by atoms with Crippen LogP contribution in [0.4, 0.5) is 0 Å². The second kappa shape index (κ2) is 5.01. The summed E-state index contributed by atoms with van der Waals surface area (Å²) < 4.78 is 0. The van der Waals surface area contributed by atoms with E-state index in [1.165, 1.54) is 4.90 Å². The van der Waals surface area contributed by atoms with Gasteiger partial charge in [-0.05, 0) is 20.8 Å². The average Bonchev–Trinajstić information content (AvgIpc) is 2.55. The zero-order valence-corrected chi connectivity index (χ0v) is 10.4. The van der Waals surface area contributed by atoms with Gasteiger partial charge in [0.05, 0.1) is 12.6 Å². The van der Waals surface area contributed by atoms with Gasteiger partial charge in [0.25, 0.3) is 0 Å². The Balaban J connectivity index is 2.59. The summed E-state index contributed by atoms with van der Waals surface area (Å²) in [7, 11) is 0. The molecule has 6 heteroatoms. The van der Waals surface area contributed by atoms with Gasteiger partial charge in [-0.25, -0.2) is 4.79 Å². The van der Waals surface area contributed by atoms with E-state index in [9.17, 15) is 14.7 Å². The zero-order valence-electron chi connectivity index (χ0n) is 10.4. The molecule has 17 heavy (non-hydrogen) atoms. The van der Waals surface area contributed by atoms with Crippen LogP contribution in [0.5, 0.6) is 0 Å². The molecule has 2 atom stereocenters. The predicted octanol–water partition coefficient (Wildman–Crippen LogP) is -0.579. The van der Waals surface area contributed by atoms with Crippen molar-refractivity contribution in [3.63, 3.8) is 0 Å². The first-order valence-corrected chi connectivity index (χ1v) is 5.66. The van der Waals surface area contributed by atoms with Crippen LogP contribution in [0.15, 0.2) is 0 Å². The molecule has 0 unspecified atom stereocenters. The lowest BCUT2D eigenvalue weighted by Crippen LogP contribution is -2.48. The third-order valence-electron chi connectivity index (χ3n) is 2.65. The molecular weight excluding hydrogens is 224 g/mol. The van der Waals surface area contributed by atoms with Crippen LogP contribution in [0.25, 0.3) is 0 Å². The second-order valence-corrected chi connectivity index (χ2v) is 5.39. The van der Waals surface area contributed by atoms with Gasteiger partial charge in [0, 0.05) is 18.5 Å². The molecule has 0 radical (unpaired) electrons. The van der Waals surface area contributed by atoms with Gasteiger partial charge in [-0.1, -0.05) is 0 Å². The number of likely N-dealkylation sites (tertiary alicyclic amines) is 1. The van der Waals surface area contributed by atoms with E-state index in [1.807, 2.05) is 20.8 Å². The number of carboxylic acid groups (broad SMARTS) is 1. The number of hydrogen-bond donors (Lipinski definition) is 3. The van der Waals surface area contributed by atoms with Gasteiger partial charge in [-0.3, -0.25) is 4.79 Å². The summed E-state index contributed by atoms with van der Waals surface area (Å²) in [6, 6.07) is -0.903. The number of rotatable bonds is 3. The molecule has 0 aromatic carbocycles. The van der Waals surface area contributed by atoms with Gasteiger partial charge in [0.1, 0.15) is 6.04 Å². The van der Waals surface area contributed by atoms with E-state index in [-0.39, 0.29) is 31.0 Å². The van der Waals surface area contributed by atoms with Crippen LogP contribution in [0.1, 0.15) is 27.2 Å². The van der Waals surface area contributed by atoms with E-state index in [2.05, 4.69) is 5.32 Å². The van der Waals surface area contributed by atoms with Crippen molar-refractivity contribution in [2.45, 2.75) is 44.9 Å². The topological polar surface area (TPSA) is 89.9 Å². The minimum Gasteiger partial charge on any atom is -0.480 e. The van der Waals surface area contributed by atoms with Gasteiger partial charge in [-0.2, -0.15) is 0 Å². The molecule has 0 spiro atoms. The van der Waals surface area contributed by atoms with Crippen LogP contribution in [0, 0.1) is 0 Å². The Hall–Kier alpha value is -1.14. The Morgan fingerprint density at radius 3 is 2.47 bits per heavy atom. The van der Waals surface area contributed by atoms with Crippen LogP contribution in [-0.4, -0.2) is 57.8 Å². The van der Waals surface area contributed by atoms with Crippen molar-refractivity contribution in [3.05, 3.63) is 0 Å². The van der Waals surface area contributed by atoms with Crippen molar-refractivity contribution in [2.75, 3.05) is 13.1 Å². The number of carboxylic acids is 1. The predicted molar refractivity (Wildman–Crippen MR) is 61.5 cm³/mol. The van der Waals surface area contributed by atoms with Crippen LogP contribution in [-0.2, 0) is 9.59 Å². The van der Waals surface area contributed by atoms with E-state index >= 15 is 0 Å². The number of aliphatic hydroxyl groups excluding tert-OH is 1. The number of amides is 1. The van der Waals surface area contributed by atoms with Crippen molar-refractivity contribution >= 4 is 11.9 Å². The Labute approximate surface area is 101 Å². The number of β-amino-alcohol motifs (C(OH)–C–C–N with tert-alkyl or cyclic N) is 1. The van der Waals surface area contributed by atoms with E-state index in [0.29, 0.717) is 0 Å². The molecule has 1 amide bonds. The number of aliphatic hydroxyl groups is 1. The first-order valence-electron chi connectivity index (χ1n) is 5.66. The van der Waals surface area contributed by atoms with Gasteiger partial charge in [0.15, 0.2) is 0 Å². The molecule has 98 valence electrons. The molecule has 0 aromatic rings. The Morgan fingerprint density at radius 2 is 2.00 bits per heavy atom. The summed E-state index contributed by atoms with van der Waals surface area (Å²) in [6.07, 6.45) is -0.633. The standard InChI is InChI=1S/C11H20N2O4/c1-11(2,3)12-5-9(15)13-6-7(14)4-8(13)10(16)17/h7-8,12,14H,4-6H2,1-3H3,(H,16,17)/t7-,8+/m1/s1. The molecule has 0 saturated carbocycles. The van der Waals surface area contributed by atoms with E-state index in [0.717, 1.165) is 0 Å². The van der Waals surface area contributed by atoms with Crippen LogP contribution >= 0.6 is 0 Å². The maximum absolute atomic E-state index is 11.8.